The highest BCUT2D eigenvalue weighted by atomic mass is 19.4. The second-order valence-corrected chi connectivity index (χ2v) is 5.50. The van der Waals surface area contributed by atoms with Crippen molar-refractivity contribution < 1.29 is 22.3 Å². The molecule has 0 aliphatic carbocycles. The second kappa shape index (κ2) is 8.04. The molecule has 1 aromatic carbocycles. The normalized spacial score (nSPS) is 16.9. The summed E-state index contributed by atoms with van der Waals surface area (Å²) in [4.78, 5) is 9.83. The third kappa shape index (κ3) is 6.12. The van der Waals surface area contributed by atoms with Gasteiger partial charge < -0.3 is 21.1 Å². The number of piperidine rings is 1. The minimum atomic E-state index is -4.95. The Morgan fingerprint density at radius 1 is 1.16 bits per heavy atom. The molecule has 1 heterocycles. The maximum absolute atomic E-state index is 13.6. The van der Waals surface area contributed by atoms with Crippen molar-refractivity contribution in [2.45, 2.75) is 32.2 Å². The van der Waals surface area contributed by atoms with Crippen molar-refractivity contribution in [2.24, 2.45) is 21.5 Å². The Kier molecular flexibility index (Phi) is 6.05. The zero-order chi connectivity index (χ0) is 18.4. The lowest BCUT2D eigenvalue weighted by Crippen LogP contribution is -2.41. The zero-order valence-electron chi connectivity index (χ0n) is 13.4. The molecule has 1 saturated heterocycles. The molecule has 4 N–H and O–H groups in total. The Labute approximate surface area is 142 Å². The van der Waals surface area contributed by atoms with Crippen LogP contribution in [0.2, 0.25) is 0 Å². The summed E-state index contributed by atoms with van der Waals surface area (Å²) in [7, 11) is 0. The number of nitrogens with zero attached hydrogens (tertiary/aromatic N) is 3. The SMILES string of the molecule is NC(=NCc1ccc(OC(F)(F)F)c(F)c1)/N=C(\N)N1CCCCC1. The third-order valence-electron chi connectivity index (χ3n) is 3.55. The van der Waals surface area contributed by atoms with Crippen molar-refractivity contribution in [3.05, 3.63) is 29.6 Å². The third-order valence-corrected chi connectivity index (χ3v) is 3.55. The molecule has 0 atom stereocenters. The van der Waals surface area contributed by atoms with E-state index in [4.69, 9.17) is 11.5 Å². The van der Waals surface area contributed by atoms with Crippen molar-refractivity contribution in [3.8, 4) is 5.75 Å². The number of alkyl halides is 3. The predicted octanol–water partition coefficient (Wildman–Crippen LogP) is 2.34. The van der Waals surface area contributed by atoms with E-state index in [2.05, 4.69) is 14.7 Å². The molecule has 0 radical (unpaired) electrons. The van der Waals surface area contributed by atoms with E-state index in [0.29, 0.717) is 5.56 Å². The van der Waals surface area contributed by atoms with Crippen LogP contribution in [0.25, 0.3) is 0 Å². The average Bonchev–Trinajstić information content (AvgIpc) is 2.55. The standard InChI is InChI=1S/C15H19F4N5O/c16-11-8-10(4-5-12(11)25-15(17,18)19)9-22-13(20)23-14(21)24-6-2-1-3-7-24/h4-5,8H,1-3,6-7,9H2,(H4,20,21,22,23). The first-order valence-corrected chi connectivity index (χ1v) is 7.68. The Morgan fingerprint density at radius 2 is 1.84 bits per heavy atom. The summed E-state index contributed by atoms with van der Waals surface area (Å²) in [6.45, 7) is 1.55. The summed E-state index contributed by atoms with van der Waals surface area (Å²) < 4.78 is 53.4. The highest BCUT2D eigenvalue weighted by molar-refractivity contribution is 5.93. The van der Waals surface area contributed by atoms with Gasteiger partial charge in [-0.3, -0.25) is 0 Å². The van der Waals surface area contributed by atoms with E-state index in [1.54, 1.807) is 0 Å². The molecule has 10 heteroatoms. The van der Waals surface area contributed by atoms with Crippen LogP contribution < -0.4 is 16.2 Å². The minimum absolute atomic E-state index is 0.0498. The van der Waals surface area contributed by atoms with Gasteiger partial charge in [0, 0.05) is 13.1 Å². The monoisotopic (exact) mass is 361 g/mol. The number of guanidine groups is 2. The van der Waals surface area contributed by atoms with E-state index in [-0.39, 0.29) is 18.5 Å². The van der Waals surface area contributed by atoms with Gasteiger partial charge in [-0.1, -0.05) is 6.07 Å². The number of aliphatic imine (C=N–C) groups is 2. The Morgan fingerprint density at radius 3 is 2.44 bits per heavy atom. The van der Waals surface area contributed by atoms with Gasteiger partial charge in [-0.05, 0) is 37.0 Å². The number of likely N-dealkylation sites (tertiary alicyclic amines) is 1. The average molecular weight is 361 g/mol. The molecule has 6 nitrogen and oxygen atoms in total. The molecule has 2 rings (SSSR count). The fourth-order valence-electron chi connectivity index (χ4n) is 2.37. The van der Waals surface area contributed by atoms with E-state index >= 15 is 0 Å². The van der Waals surface area contributed by atoms with Gasteiger partial charge >= 0.3 is 6.36 Å². The lowest BCUT2D eigenvalue weighted by Gasteiger charge is -2.27. The fraction of sp³-hybridized carbons (Fsp3) is 0.467. The van der Waals surface area contributed by atoms with Gasteiger partial charge in [-0.15, -0.1) is 13.2 Å². The van der Waals surface area contributed by atoms with Crippen LogP contribution in [0.5, 0.6) is 5.75 Å². The first-order valence-electron chi connectivity index (χ1n) is 7.68. The summed E-state index contributed by atoms with van der Waals surface area (Å²) in [5.74, 6) is -1.86. The van der Waals surface area contributed by atoms with Crippen LogP contribution in [-0.2, 0) is 6.54 Å². The first kappa shape index (κ1) is 18.8. The lowest BCUT2D eigenvalue weighted by atomic mass is 10.1. The fourth-order valence-corrected chi connectivity index (χ4v) is 2.37. The molecule has 0 amide bonds. The number of rotatable bonds is 3. The van der Waals surface area contributed by atoms with Crippen LogP contribution in [-0.4, -0.2) is 36.3 Å². The van der Waals surface area contributed by atoms with Crippen LogP contribution in [0.4, 0.5) is 17.6 Å². The van der Waals surface area contributed by atoms with Crippen molar-refractivity contribution in [1.29, 1.82) is 0 Å². The number of hydrogen-bond donors (Lipinski definition) is 2. The Balaban J connectivity index is 1.99. The van der Waals surface area contributed by atoms with Crippen molar-refractivity contribution in [2.75, 3.05) is 13.1 Å². The number of ether oxygens (including phenoxy) is 1. The molecule has 25 heavy (non-hydrogen) atoms. The number of nitrogens with two attached hydrogens (primary N) is 2. The molecule has 0 saturated carbocycles. The van der Waals surface area contributed by atoms with Crippen LogP contribution >= 0.6 is 0 Å². The number of hydrogen-bond acceptors (Lipinski definition) is 2. The molecule has 0 bridgehead atoms. The highest BCUT2D eigenvalue weighted by Gasteiger charge is 2.32. The minimum Gasteiger partial charge on any atom is -0.403 e. The van der Waals surface area contributed by atoms with E-state index in [9.17, 15) is 17.6 Å². The molecule has 1 aliphatic heterocycles. The highest BCUT2D eigenvalue weighted by Crippen LogP contribution is 2.26. The summed E-state index contributed by atoms with van der Waals surface area (Å²) in [5, 5.41) is 0. The molecule has 1 fully saturated rings. The summed E-state index contributed by atoms with van der Waals surface area (Å²) in [5.41, 5.74) is 11.8. The van der Waals surface area contributed by atoms with Crippen LogP contribution in [0.3, 0.4) is 0 Å². The number of benzene rings is 1. The lowest BCUT2D eigenvalue weighted by molar-refractivity contribution is -0.275. The summed E-state index contributed by atoms with van der Waals surface area (Å²) in [6, 6.07) is 3.05. The maximum Gasteiger partial charge on any atom is 0.573 e. The van der Waals surface area contributed by atoms with Gasteiger partial charge in [-0.2, -0.15) is 4.99 Å². The molecule has 0 unspecified atom stereocenters. The summed E-state index contributed by atoms with van der Waals surface area (Å²) >= 11 is 0. The van der Waals surface area contributed by atoms with Gasteiger partial charge in [0.2, 0.25) is 5.96 Å². The topological polar surface area (TPSA) is 89.2 Å². The zero-order valence-corrected chi connectivity index (χ0v) is 13.4. The van der Waals surface area contributed by atoms with Crippen LogP contribution in [0, 0.1) is 5.82 Å². The van der Waals surface area contributed by atoms with Crippen molar-refractivity contribution in [3.63, 3.8) is 0 Å². The number of halogens is 4. The predicted molar refractivity (Wildman–Crippen MR) is 85.5 cm³/mol. The Hall–Kier alpha value is -2.52. The van der Waals surface area contributed by atoms with E-state index in [1.807, 2.05) is 4.90 Å². The van der Waals surface area contributed by atoms with Crippen molar-refractivity contribution in [1.82, 2.24) is 4.90 Å². The van der Waals surface area contributed by atoms with E-state index in [0.717, 1.165) is 44.5 Å². The van der Waals surface area contributed by atoms with Gasteiger partial charge in [0.05, 0.1) is 6.54 Å². The quantitative estimate of drug-likeness (QED) is 0.491. The first-order chi connectivity index (χ1) is 11.7. The molecule has 0 aromatic heterocycles. The smallest absolute Gasteiger partial charge is 0.403 e. The van der Waals surface area contributed by atoms with E-state index < -0.39 is 17.9 Å². The van der Waals surface area contributed by atoms with E-state index in [1.165, 1.54) is 6.07 Å². The molecular formula is C15H19F4N5O. The molecule has 1 aliphatic rings. The molecule has 138 valence electrons. The largest absolute Gasteiger partial charge is 0.573 e. The Bertz CT molecular complexity index is 654. The molecule has 1 aromatic rings. The van der Waals surface area contributed by atoms with Crippen molar-refractivity contribution >= 4 is 11.9 Å². The van der Waals surface area contributed by atoms with Crippen LogP contribution in [0.15, 0.2) is 28.2 Å². The van der Waals surface area contributed by atoms with Gasteiger partial charge in [0.1, 0.15) is 0 Å². The van der Waals surface area contributed by atoms with Crippen LogP contribution in [0.1, 0.15) is 24.8 Å². The molecular weight excluding hydrogens is 342 g/mol. The maximum atomic E-state index is 13.6. The van der Waals surface area contributed by atoms with Gasteiger partial charge in [0.15, 0.2) is 17.5 Å². The molecule has 0 spiro atoms. The summed E-state index contributed by atoms with van der Waals surface area (Å²) in [6.07, 6.45) is -1.75. The van der Waals surface area contributed by atoms with Gasteiger partial charge in [-0.25, -0.2) is 9.38 Å². The second-order valence-electron chi connectivity index (χ2n) is 5.50. The van der Waals surface area contributed by atoms with Gasteiger partial charge in [0.25, 0.3) is 0 Å².